The number of nitrogens with two attached hydrogens (primary N) is 1. The highest BCUT2D eigenvalue weighted by molar-refractivity contribution is 7.98. The first-order chi connectivity index (χ1) is 8.18. The normalized spacial score (nSPS) is 10.5. The Morgan fingerprint density at radius 1 is 1.18 bits per heavy atom. The van der Waals surface area contributed by atoms with Gasteiger partial charge in [-0.05, 0) is 23.8 Å². The average molecular weight is 285 g/mol. The van der Waals surface area contributed by atoms with Gasteiger partial charge in [0.05, 0.1) is 15.7 Å². The van der Waals surface area contributed by atoms with Gasteiger partial charge in [0.2, 0.25) is 0 Å². The molecule has 0 spiro atoms. The van der Waals surface area contributed by atoms with Crippen LogP contribution in [0, 0.1) is 0 Å². The summed E-state index contributed by atoms with van der Waals surface area (Å²) in [7, 11) is 0. The van der Waals surface area contributed by atoms with Crippen molar-refractivity contribution in [1.82, 2.24) is 4.98 Å². The van der Waals surface area contributed by atoms with Crippen molar-refractivity contribution in [1.29, 1.82) is 0 Å². The third kappa shape index (κ3) is 3.06. The lowest BCUT2D eigenvalue weighted by Crippen LogP contribution is -1.91. The monoisotopic (exact) mass is 284 g/mol. The van der Waals surface area contributed by atoms with Crippen LogP contribution in [0.25, 0.3) is 0 Å². The van der Waals surface area contributed by atoms with Gasteiger partial charge in [-0.3, -0.25) is 0 Å². The van der Waals surface area contributed by atoms with E-state index in [1.54, 1.807) is 24.0 Å². The van der Waals surface area contributed by atoms with E-state index in [1.807, 2.05) is 24.3 Å². The average Bonchev–Trinajstić information content (AvgIpc) is 2.33. The molecule has 0 aliphatic carbocycles. The molecule has 0 radical (unpaired) electrons. The number of halogens is 2. The number of anilines is 1. The summed E-state index contributed by atoms with van der Waals surface area (Å²) in [6.45, 7) is 0. The zero-order valence-corrected chi connectivity index (χ0v) is 11.2. The van der Waals surface area contributed by atoms with Crippen LogP contribution in [0.15, 0.2) is 41.6 Å². The third-order valence-electron chi connectivity index (χ3n) is 2.20. The summed E-state index contributed by atoms with van der Waals surface area (Å²) >= 11 is 13.6. The highest BCUT2D eigenvalue weighted by atomic mass is 35.5. The second kappa shape index (κ2) is 5.63. The van der Waals surface area contributed by atoms with Crippen LogP contribution in [0.1, 0.15) is 5.56 Å². The van der Waals surface area contributed by atoms with Crippen molar-refractivity contribution in [3.05, 3.63) is 52.1 Å². The first-order valence-electron chi connectivity index (χ1n) is 4.94. The number of thioether (sulfide) groups is 1. The van der Waals surface area contributed by atoms with Crippen LogP contribution in [-0.2, 0) is 5.75 Å². The summed E-state index contributed by atoms with van der Waals surface area (Å²) in [5.41, 5.74) is 7.47. The predicted molar refractivity (Wildman–Crippen MR) is 74.7 cm³/mol. The van der Waals surface area contributed by atoms with Gasteiger partial charge in [0.25, 0.3) is 0 Å². The van der Waals surface area contributed by atoms with Gasteiger partial charge in [-0.1, -0.05) is 47.1 Å². The number of pyridine rings is 1. The van der Waals surface area contributed by atoms with Crippen molar-refractivity contribution in [2.24, 2.45) is 0 Å². The molecule has 0 fully saturated rings. The summed E-state index contributed by atoms with van der Waals surface area (Å²) in [6, 6.07) is 9.24. The molecular formula is C12H10Cl2N2S. The molecule has 1 aromatic heterocycles. The fourth-order valence-corrected chi connectivity index (χ4v) is 2.70. The van der Waals surface area contributed by atoms with Crippen LogP contribution >= 0.6 is 35.0 Å². The Morgan fingerprint density at radius 2 is 2.00 bits per heavy atom. The molecule has 1 heterocycles. The van der Waals surface area contributed by atoms with Crippen LogP contribution in [0.3, 0.4) is 0 Å². The molecule has 2 aromatic rings. The molecule has 0 saturated carbocycles. The Labute approximate surface area is 114 Å². The van der Waals surface area contributed by atoms with E-state index in [0.717, 1.165) is 10.6 Å². The fourth-order valence-electron chi connectivity index (χ4n) is 1.33. The zero-order chi connectivity index (χ0) is 12.3. The van der Waals surface area contributed by atoms with E-state index in [1.165, 1.54) is 0 Å². The van der Waals surface area contributed by atoms with Gasteiger partial charge in [-0.25, -0.2) is 4.98 Å². The molecule has 2 rings (SSSR count). The van der Waals surface area contributed by atoms with Crippen LogP contribution < -0.4 is 5.73 Å². The minimum Gasteiger partial charge on any atom is -0.397 e. The zero-order valence-electron chi connectivity index (χ0n) is 8.86. The first kappa shape index (κ1) is 12.6. The quantitative estimate of drug-likeness (QED) is 0.856. The number of benzene rings is 1. The van der Waals surface area contributed by atoms with Crippen molar-refractivity contribution in [3.8, 4) is 0 Å². The lowest BCUT2D eigenvalue weighted by atomic mass is 10.2. The summed E-state index contributed by atoms with van der Waals surface area (Å²) < 4.78 is 0. The van der Waals surface area contributed by atoms with E-state index in [2.05, 4.69) is 4.98 Å². The Bertz CT molecular complexity index is 532. The van der Waals surface area contributed by atoms with Crippen LogP contribution in [0.2, 0.25) is 10.0 Å². The fraction of sp³-hybridized carbons (Fsp3) is 0.0833. The molecule has 17 heavy (non-hydrogen) atoms. The maximum atomic E-state index is 6.10. The minimum absolute atomic E-state index is 0.568. The van der Waals surface area contributed by atoms with E-state index < -0.39 is 0 Å². The van der Waals surface area contributed by atoms with Crippen molar-refractivity contribution >= 4 is 40.7 Å². The number of nitrogens with zero attached hydrogens (tertiary/aromatic N) is 1. The van der Waals surface area contributed by atoms with Gasteiger partial charge >= 0.3 is 0 Å². The van der Waals surface area contributed by atoms with Crippen LogP contribution in [0.5, 0.6) is 0 Å². The molecule has 0 saturated heterocycles. The molecule has 88 valence electrons. The Morgan fingerprint density at radius 3 is 2.76 bits per heavy atom. The number of hydrogen-bond donors (Lipinski definition) is 1. The molecule has 0 aliphatic rings. The standard InChI is InChI=1S/C12H10Cl2N2S/c13-9-4-1-3-8(11(9)14)7-17-12-10(15)5-2-6-16-12/h1-6H,7,15H2. The molecule has 2 N–H and O–H groups in total. The smallest absolute Gasteiger partial charge is 0.119 e. The largest absolute Gasteiger partial charge is 0.397 e. The van der Waals surface area contributed by atoms with Gasteiger partial charge in [-0.2, -0.15) is 0 Å². The van der Waals surface area contributed by atoms with Crippen LogP contribution in [-0.4, -0.2) is 4.98 Å². The van der Waals surface area contributed by atoms with Crippen molar-refractivity contribution in [3.63, 3.8) is 0 Å². The molecule has 0 aliphatic heterocycles. The van der Waals surface area contributed by atoms with Gasteiger partial charge < -0.3 is 5.73 Å². The first-order valence-corrected chi connectivity index (χ1v) is 6.69. The van der Waals surface area contributed by atoms with Crippen molar-refractivity contribution in [2.45, 2.75) is 10.8 Å². The van der Waals surface area contributed by atoms with Crippen molar-refractivity contribution < 1.29 is 0 Å². The minimum atomic E-state index is 0.568. The molecule has 0 unspecified atom stereocenters. The highest BCUT2D eigenvalue weighted by Crippen LogP contribution is 2.31. The van der Waals surface area contributed by atoms with E-state index in [0.29, 0.717) is 21.5 Å². The Hall–Kier alpha value is -0.900. The Balaban J connectivity index is 2.13. The third-order valence-corrected chi connectivity index (χ3v) is 4.12. The molecule has 0 atom stereocenters. The summed E-state index contributed by atoms with van der Waals surface area (Å²) in [4.78, 5) is 4.21. The molecule has 2 nitrogen and oxygen atoms in total. The SMILES string of the molecule is Nc1cccnc1SCc1cccc(Cl)c1Cl. The number of hydrogen-bond acceptors (Lipinski definition) is 3. The maximum Gasteiger partial charge on any atom is 0.119 e. The second-order valence-electron chi connectivity index (χ2n) is 3.40. The second-order valence-corrected chi connectivity index (χ2v) is 5.15. The van der Waals surface area contributed by atoms with Crippen molar-refractivity contribution in [2.75, 3.05) is 5.73 Å². The molecule has 5 heteroatoms. The van der Waals surface area contributed by atoms with E-state index in [-0.39, 0.29) is 0 Å². The molecule has 0 bridgehead atoms. The lowest BCUT2D eigenvalue weighted by molar-refractivity contribution is 1.14. The lowest BCUT2D eigenvalue weighted by Gasteiger charge is -2.06. The molecular weight excluding hydrogens is 275 g/mol. The molecule has 1 aromatic carbocycles. The summed E-state index contributed by atoms with van der Waals surface area (Å²) in [6.07, 6.45) is 1.72. The van der Waals surface area contributed by atoms with E-state index in [9.17, 15) is 0 Å². The van der Waals surface area contributed by atoms with Gasteiger partial charge in [0.1, 0.15) is 5.03 Å². The topological polar surface area (TPSA) is 38.9 Å². The highest BCUT2D eigenvalue weighted by Gasteiger charge is 2.06. The Kier molecular flexibility index (Phi) is 4.15. The molecule has 0 amide bonds. The summed E-state index contributed by atoms with van der Waals surface area (Å²) in [5, 5.41) is 1.97. The number of nitrogen functional groups attached to an aromatic ring is 1. The van der Waals surface area contributed by atoms with Gasteiger partial charge in [0.15, 0.2) is 0 Å². The van der Waals surface area contributed by atoms with Crippen LogP contribution in [0.4, 0.5) is 5.69 Å². The maximum absolute atomic E-state index is 6.10. The number of aromatic nitrogens is 1. The summed E-state index contributed by atoms with van der Waals surface area (Å²) in [5.74, 6) is 0.695. The van der Waals surface area contributed by atoms with Gasteiger partial charge in [0, 0.05) is 11.9 Å². The number of rotatable bonds is 3. The predicted octanol–water partition coefficient (Wildman–Crippen LogP) is 4.26. The van der Waals surface area contributed by atoms with Gasteiger partial charge in [-0.15, -0.1) is 0 Å². The van der Waals surface area contributed by atoms with E-state index in [4.69, 9.17) is 28.9 Å². The van der Waals surface area contributed by atoms with E-state index >= 15 is 0 Å².